The molecule has 2 N–H and O–H groups in total. The first-order valence-corrected chi connectivity index (χ1v) is 11.3. The molecule has 6 heteroatoms. The SMILES string of the molecule is N#Cc1ccccc1Oc1cccc(C(c2ccccc2)N2CCC3(CC2)NCNC3=O)c1. The molecule has 1 spiro atoms. The Kier molecular flexibility index (Phi) is 5.82. The molecule has 0 aliphatic carbocycles. The number of para-hydroxylation sites is 1. The molecule has 5 rings (SSSR count). The van der Waals surface area contributed by atoms with Gasteiger partial charge in [0.1, 0.15) is 23.1 Å². The predicted molar refractivity (Wildman–Crippen MR) is 126 cm³/mol. The number of carbonyl (C=O) groups is 1. The van der Waals surface area contributed by atoms with E-state index in [-0.39, 0.29) is 11.9 Å². The molecule has 166 valence electrons. The van der Waals surface area contributed by atoms with Crippen LogP contribution >= 0.6 is 0 Å². The number of hydrogen-bond donors (Lipinski definition) is 2. The highest BCUT2D eigenvalue weighted by Crippen LogP contribution is 2.36. The number of rotatable bonds is 5. The van der Waals surface area contributed by atoms with Gasteiger partial charge in [-0.2, -0.15) is 5.26 Å². The molecule has 2 aliphatic heterocycles. The molecule has 2 saturated heterocycles. The van der Waals surface area contributed by atoms with Gasteiger partial charge in [0, 0.05) is 13.1 Å². The zero-order valence-electron chi connectivity index (χ0n) is 18.3. The molecule has 0 radical (unpaired) electrons. The van der Waals surface area contributed by atoms with Gasteiger partial charge in [-0.3, -0.25) is 15.0 Å². The summed E-state index contributed by atoms with van der Waals surface area (Å²) in [7, 11) is 0. The minimum Gasteiger partial charge on any atom is -0.456 e. The van der Waals surface area contributed by atoms with Crippen molar-refractivity contribution in [3.05, 3.63) is 95.6 Å². The Balaban J connectivity index is 1.44. The van der Waals surface area contributed by atoms with E-state index in [0.717, 1.165) is 31.5 Å². The Labute approximate surface area is 193 Å². The topological polar surface area (TPSA) is 77.4 Å². The summed E-state index contributed by atoms with van der Waals surface area (Å²) in [5, 5.41) is 15.7. The molecule has 1 unspecified atom stereocenters. The molecule has 1 atom stereocenters. The highest BCUT2D eigenvalue weighted by atomic mass is 16.5. The second-order valence-corrected chi connectivity index (χ2v) is 8.57. The van der Waals surface area contributed by atoms with E-state index in [1.54, 1.807) is 6.07 Å². The van der Waals surface area contributed by atoms with Crippen LogP contribution in [0.15, 0.2) is 78.9 Å². The number of hydrogen-bond acceptors (Lipinski definition) is 5. The van der Waals surface area contributed by atoms with Crippen LogP contribution in [0.5, 0.6) is 11.5 Å². The molecular weight excluding hydrogens is 412 g/mol. The normalized spacial score (nSPS) is 18.5. The Hall–Kier alpha value is -3.66. The Morgan fingerprint density at radius 3 is 2.39 bits per heavy atom. The van der Waals surface area contributed by atoms with Crippen molar-refractivity contribution in [1.29, 1.82) is 5.26 Å². The fraction of sp³-hybridized carbons (Fsp3) is 0.259. The number of benzene rings is 3. The van der Waals surface area contributed by atoms with Crippen LogP contribution in [-0.2, 0) is 4.79 Å². The molecule has 1 amide bonds. The maximum atomic E-state index is 12.4. The summed E-state index contributed by atoms with van der Waals surface area (Å²) in [5.41, 5.74) is 2.38. The van der Waals surface area contributed by atoms with Gasteiger partial charge in [-0.15, -0.1) is 0 Å². The molecule has 0 aromatic heterocycles. The second-order valence-electron chi connectivity index (χ2n) is 8.57. The lowest BCUT2D eigenvalue weighted by molar-refractivity contribution is -0.125. The second kappa shape index (κ2) is 9.07. The van der Waals surface area contributed by atoms with Gasteiger partial charge >= 0.3 is 0 Å². The third kappa shape index (κ3) is 4.21. The van der Waals surface area contributed by atoms with Gasteiger partial charge in [0.15, 0.2) is 0 Å². The lowest BCUT2D eigenvalue weighted by Crippen LogP contribution is -2.55. The number of likely N-dealkylation sites (tertiary alicyclic amines) is 1. The van der Waals surface area contributed by atoms with Crippen LogP contribution in [0.25, 0.3) is 0 Å². The van der Waals surface area contributed by atoms with Crippen LogP contribution in [0.4, 0.5) is 0 Å². The van der Waals surface area contributed by atoms with E-state index >= 15 is 0 Å². The van der Waals surface area contributed by atoms with Crippen molar-refractivity contribution in [2.24, 2.45) is 0 Å². The maximum absolute atomic E-state index is 12.4. The van der Waals surface area contributed by atoms with Crippen LogP contribution in [0.3, 0.4) is 0 Å². The fourth-order valence-electron chi connectivity index (χ4n) is 4.88. The fourth-order valence-corrected chi connectivity index (χ4v) is 4.88. The molecule has 2 heterocycles. The van der Waals surface area contributed by atoms with Crippen molar-refractivity contribution in [3.8, 4) is 17.6 Å². The molecule has 3 aromatic rings. The van der Waals surface area contributed by atoms with Crippen LogP contribution in [0, 0.1) is 11.3 Å². The Morgan fingerprint density at radius 2 is 1.67 bits per heavy atom. The molecular formula is C27H26N4O2. The van der Waals surface area contributed by atoms with Gasteiger partial charge in [0.2, 0.25) is 5.91 Å². The maximum Gasteiger partial charge on any atom is 0.241 e. The van der Waals surface area contributed by atoms with Crippen molar-refractivity contribution in [2.75, 3.05) is 19.8 Å². The number of nitrogens with one attached hydrogen (secondary N) is 2. The highest BCUT2D eigenvalue weighted by molar-refractivity contribution is 5.88. The van der Waals surface area contributed by atoms with E-state index in [1.165, 1.54) is 5.56 Å². The molecule has 3 aromatic carbocycles. The monoisotopic (exact) mass is 438 g/mol. The van der Waals surface area contributed by atoms with Crippen LogP contribution < -0.4 is 15.4 Å². The average molecular weight is 439 g/mol. The van der Waals surface area contributed by atoms with Crippen molar-refractivity contribution in [3.63, 3.8) is 0 Å². The summed E-state index contributed by atoms with van der Waals surface area (Å²) in [6.45, 7) is 2.16. The quantitative estimate of drug-likeness (QED) is 0.631. The largest absolute Gasteiger partial charge is 0.456 e. The smallest absolute Gasteiger partial charge is 0.241 e. The summed E-state index contributed by atoms with van der Waals surface area (Å²) < 4.78 is 6.10. The van der Waals surface area contributed by atoms with Crippen LogP contribution in [-0.4, -0.2) is 36.1 Å². The number of nitriles is 1. The first-order chi connectivity index (χ1) is 16.2. The number of amides is 1. The molecule has 33 heavy (non-hydrogen) atoms. The molecule has 2 fully saturated rings. The molecule has 0 bridgehead atoms. The average Bonchev–Trinajstić information content (AvgIpc) is 3.21. The van der Waals surface area contributed by atoms with E-state index in [1.807, 2.05) is 36.4 Å². The summed E-state index contributed by atoms with van der Waals surface area (Å²) in [4.78, 5) is 14.8. The van der Waals surface area contributed by atoms with Crippen molar-refractivity contribution in [2.45, 2.75) is 24.4 Å². The number of ether oxygens (including phenoxy) is 1. The Bertz CT molecular complexity index is 1180. The molecule has 2 aliphatic rings. The van der Waals surface area contributed by atoms with Gasteiger partial charge in [0.05, 0.1) is 18.3 Å². The summed E-state index contributed by atoms with van der Waals surface area (Å²) in [6.07, 6.45) is 1.54. The first-order valence-electron chi connectivity index (χ1n) is 11.3. The van der Waals surface area contributed by atoms with E-state index in [4.69, 9.17) is 4.74 Å². The zero-order valence-corrected chi connectivity index (χ0v) is 18.3. The van der Waals surface area contributed by atoms with E-state index < -0.39 is 5.54 Å². The molecule has 0 saturated carbocycles. The molecule has 6 nitrogen and oxygen atoms in total. The Morgan fingerprint density at radius 1 is 0.939 bits per heavy atom. The zero-order chi connectivity index (χ0) is 22.7. The third-order valence-corrected chi connectivity index (χ3v) is 6.65. The van der Waals surface area contributed by atoms with Gasteiger partial charge in [-0.25, -0.2) is 0 Å². The first kappa shape index (κ1) is 21.2. The van der Waals surface area contributed by atoms with Crippen molar-refractivity contribution in [1.82, 2.24) is 15.5 Å². The van der Waals surface area contributed by atoms with Gasteiger partial charge in [-0.05, 0) is 48.2 Å². The predicted octanol–water partition coefficient (Wildman–Crippen LogP) is 3.95. The third-order valence-electron chi connectivity index (χ3n) is 6.65. The van der Waals surface area contributed by atoms with E-state index in [2.05, 4.69) is 58.0 Å². The minimum atomic E-state index is -0.441. The number of piperidine rings is 1. The lowest BCUT2D eigenvalue weighted by Gasteiger charge is -2.41. The summed E-state index contributed by atoms with van der Waals surface area (Å²) >= 11 is 0. The summed E-state index contributed by atoms with van der Waals surface area (Å²) in [5.74, 6) is 1.36. The lowest BCUT2D eigenvalue weighted by atomic mass is 9.85. The van der Waals surface area contributed by atoms with Crippen molar-refractivity contribution < 1.29 is 9.53 Å². The van der Waals surface area contributed by atoms with Crippen LogP contribution in [0.1, 0.15) is 35.6 Å². The van der Waals surface area contributed by atoms with Gasteiger partial charge in [-0.1, -0.05) is 54.6 Å². The summed E-state index contributed by atoms with van der Waals surface area (Å²) in [6, 6.07) is 28.0. The van der Waals surface area contributed by atoms with Gasteiger partial charge < -0.3 is 10.1 Å². The number of nitrogens with zero attached hydrogens (tertiary/aromatic N) is 2. The van der Waals surface area contributed by atoms with Crippen molar-refractivity contribution >= 4 is 5.91 Å². The van der Waals surface area contributed by atoms with Gasteiger partial charge in [0.25, 0.3) is 0 Å². The van der Waals surface area contributed by atoms with E-state index in [9.17, 15) is 10.1 Å². The standard InChI is InChI=1S/C27H26N4O2/c28-18-22-9-4-5-12-24(22)33-23-11-6-10-21(17-23)25(20-7-2-1-3-8-20)31-15-13-27(14-16-31)26(32)29-19-30-27/h1-12,17,25,30H,13-16,19H2,(H,29,32). The van der Waals surface area contributed by atoms with Crippen LogP contribution in [0.2, 0.25) is 0 Å². The highest BCUT2D eigenvalue weighted by Gasteiger charge is 2.45. The minimum absolute atomic E-state index is 0.0442. The van der Waals surface area contributed by atoms with E-state index in [0.29, 0.717) is 23.7 Å². The number of carbonyl (C=O) groups excluding carboxylic acids is 1.